The SMILES string of the molecule is C[C@H](C(=O)Nc1ncc(C(F)(F)F)s1)c1cccc(-c2cnc(NC(=O)CC#N)cn2)c1. The zero-order valence-corrected chi connectivity index (χ0v) is 17.3. The summed E-state index contributed by atoms with van der Waals surface area (Å²) in [6, 6.07) is 8.61. The van der Waals surface area contributed by atoms with Crippen LogP contribution < -0.4 is 10.6 Å². The second-order valence-corrected chi connectivity index (χ2v) is 7.56. The standard InChI is InChI=1S/C20H15F3N6O2S/c1-11(18(31)29-19-27-9-15(32-19)20(21,22)23)12-3-2-4-13(7-12)14-8-26-16(10-25-14)28-17(30)5-6-24/h2-4,7-11H,5H2,1H3,(H,26,28,30)(H,27,29,31)/t11-/m0/s1. The zero-order chi connectivity index (χ0) is 23.3. The van der Waals surface area contributed by atoms with Crippen LogP contribution in [0.3, 0.4) is 0 Å². The van der Waals surface area contributed by atoms with Crippen LogP contribution >= 0.6 is 11.3 Å². The molecule has 12 heteroatoms. The second-order valence-electron chi connectivity index (χ2n) is 6.53. The minimum absolute atomic E-state index is 0.134. The summed E-state index contributed by atoms with van der Waals surface area (Å²) in [7, 11) is 0. The summed E-state index contributed by atoms with van der Waals surface area (Å²) >= 11 is 0.355. The topological polar surface area (TPSA) is 121 Å². The molecule has 164 valence electrons. The normalized spacial score (nSPS) is 12.0. The Morgan fingerprint density at radius 2 is 1.94 bits per heavy atom. The van der Waals surface area contributed by atoms with Crippen LogP contribution in [0.15, 0.2) is 42.9 Å². The number of hydrogen-bond donors (Lipinski definition) is 2. The molecule has 32 heavy (non-hydrogen) atoms. The number of benzene rings is 1. The van der Waals surface area contributed by atoms with Gasteiger partial charge in [0.1, 0.15) is 11.3 Å². The first-order valence-corrected chi connectivity index (χ1v) is 9.92. The van der Waals surface area contributed by atoms with E-state index >= 15 is 0 Å². The molecule has 1 atom stereocenters. The smallest absolute Gasteiger partial charge is 0.309 e. The monoisotopic (exact) mass is 460 g/mol. The summed E-state index contributed by atoms with van der Waals surface area (Å²) in [5, 5.41) is 13.2. The van der Waals surface area contributed by atoms with E-state index in [1.54, 1.807) is 37.3 Å². The van der Waals surface area contributed by atoms with Crippen LogP contribution in [0.5, 0.6) is 0 Å². The third kappa shape index (κ3) is 5.64. The van der Waals surface area contributed by atoms with E-state index in [9.17, 15) is 22.8 Å². The summed E-state index contributed by atoms with van der Waals surface area (Å²) < 4.78 is 38.1. The lowest BCUT2D eigenvalue weighted by Crippen LogP contribution is -2.18. The van der Waals surface area contributed by atoms with Gasteiger partial charge in [-0.15, -0.1) is 0 Å². The summed E-state index contributed by atoms with van der Waals surface area (Å²) in [5.41, 5.74) is 1.74. The van der Waals surface area contributed by atoms with E-state index in [1.807, 2.05) is 0 Å². The Morgan fingerprint density at radius 3 is 2.56 bits per heavy atom. The van der Waals surface area contributed by atoms with Crippen molar-refractivity contribution < 1.29 is 22.8 Å². The van der Waals surface area contributed by atoms with Crippen LogP contribution in [0.25, 0.3) is 11.3 Å². The molecule has 0 aliphatic carbocycles. The Hall–Kier alpha value is -3.85. The van der Waals surface area contributed by atoms with Crippen LogP contribution in [-0.4, -0.2) is 26.8 Å². The summed E-state index contributed by atoms with van der Waals surface area (Å²) in [6.45, 7) is 1.62. The number of carbonyl (C=O) groups is 2. The van der Waals surface area contributed by atoms with Crippen molar-refractivity contribution in [3.8, 4) is 17.3 Å². The van der Waals surface area contributed by atoms with Gasteiger partial charge in [0, 0.05) is 5.56 Å². The molecule has 0 radical (unpaired) electrons. The molecule has 2 N–H and O–H groups in total. The van der Waals surface area contributed by atoms with Crippen molar-refractivity contribution in [1.29, 1.82) is 5.26 Å². The van der Waals surface area contributed by atoms with E-state index in [-0.39, 0.29) is 17.4 Å². The number of nitrogens with zero attached hydrogens (tertiary/aromatic N) is 4. The predicted molar refractivity (Wildman–Crippen MR) is 110 cm³/mol. The van der Waals surface area contributed by atoms with Gasteiger partial charge in [-0.3, -0.25) is 14.6 Å². The lowest BCUT2D eigenvalue weighted by Gasteiger charge is -2.12. The van der Waals surface area contributed by atoms with Gasteiger partial charge in [-0.2, -0.15) is 18.4 Å². The van der Waals surface area contributed by atoms with Crippen LogP contribution in [-0.2, 0) is 15.8 Å². The van der Waals surface area contributed by atoms with Crippen molar-refractivity contribution in [2.24, 2.45) is 0 Å². The van der Waals surface area contributed by atoms with E-state index in [0.29, 0.717) is 34.4 Å². The summed E-state index contributed by atoms with van der Waals surface area (Å²) in [5.74, 6) is -1.49. The van der Waals surface area contributed by atoms with Gasteiger partial charge >= 0.3 is 6.18 Å². The van der Waals surface area contributed by atoms with E-state index < -0.39 is 28.8 Å². The van der Waals surface area contributed by atoms with Gasteiger partial charge in [-0.25, -0.2) is 9.97 Å². The fourth-order valence-electron chi connectivity index (χ4n) is 2.60. The lowest BCUT2D eigenvalue weighted by molar-refractivity contribution is -0.134. The maximum absolute atomic E-state index is 12.7. The number of hydrogen-bond acceptors (Lipinski definition) is 7. The van der Waals surface area contributed by atoms with Crippen LogP contribution in [0, 0.1) is 11.3 Å². The maximum atomic E-state index is 12.7. The van der Waals surface area contributed by atoms with E-state index in [4.69, 9.17) is 5.26 Å². The quantitative estimate of drug-likeness (QED) is 0.568. The van der Waals surface area contributed by atoms with Crippen molar-refractivity contribution in [3.05, 3.63) is 53.3 Å². The highest BCUT2D eigenvalue weighted by atomic mass is 32.1. The van der Waals surface area contributed by atoms with Gasteiger partial charge in [0.15, 0.2) is 10.9 Å². The number of carbonyl (C=O) groups excluding carboxylic acids is 2. The van der Waals surface area contributed by atoms with Crippen molar-refractivity contribution in [2.45, 2.75) is 25.4 Å². The van der Waals surface area contributed by atoms with Gasteiger partial charge in [0.05, 0.1) is 36.3 Å². The van der Waals surface area contributed by atoms with E-state index in [1.165, 1.54) is 12.4 Å². The number of thiazole rings is 1. The highest BCUT2D eigenvalue weighted by molar-refractivity contribution is 7.15. The highest BCUT2D eigenvalue weighted by Crippen LogP contribution is 2.35. The van der Waals surface area contributed by atoms with Gasteiger partial charge in [-0.1, -0.05) is 29.5 Å². The molecule has 0 bridgehead atoms. The van der Waals surface area contributed by atoms with Gasteiger partial charge in [-0.05, 0) is 18.6 Å². The lowest BCUT2D eigenvalue weighted by atomic mass is 9.97. The maximum Gasteiger partial charge on any atom is 0.427 e. The van der Waals surface area contributed by atoms with Crippen LogP contribution in [0.4, 0.5) is 24.1 Å². The average molecular weight is 460 g/mol. The number of aromatic nitrogens is 3. The number of halogens is 3. The van der Waals surface area contributed by atoms with Crippen molar-refractivity contribution in [2.75, 3.05) is 10.6 Å². The predicted octanol–water partition coefficient (Wildman–Crippen LogP) is 4.21. The third-order valence-electron chi connectivity index (χ3n) is 4.25. The molecule has 0 saturated heterocycles. The fraction of sp³-hybridized carbons (Fsp3) is 0.200. The second kappa shape index (κ2) is 9.52. The number of rotatable bonds is 6. The van der Waals surface area contributed by atoms with Gasteiger partial charge in [0.2, 0.25) is 11.8 Å². The van der Waals surface area contributed by atoms with Crippen molar-refractivity contribution in [1.82, 2.24) is 15.0 Å². The molecule has 3 aromatic rings. The molecule has 0 unspecified atom stereocenters. The van der Waals surface area contributed by atoms with E-state index in [2.05, 4.69) is 25.6 Å². The molecule has 0 aliphatic rings. The van der Waals surface area contributed by atoms with Gasteiger partial charge in [0.25, 0.3) is 0 Å². The number of nitriles is 1. The average Bonchev–Trinajstić information content (AvgIpc) is 3.23. The molecule has 2 amide bonds. The van der Waals surface area contributed by atoms with Gasteiger partial charge < -0.3 is 10.6 Å². The molecule has 0 fully saturated rings. The highest BCUT2D eigenvalue weighted by Gasteiger charge is 2.33. The Balaban J connectivity index is 1.71. The summed E-state index contributed by atoms with van der Waals surface area (Å²) in [4.78, 5) is 35.0. The minimum atomic E-state index is -4.52. The third-order valence-corrected chi connectivity index (χ3v) is 5.21. The largest absolute Gasteiger partial charge is 0.427 e. The Labute approximate surface area is 184 Å². The first-order valence-electron chi connectivity index (χ1n) is 9.10. The number of alkyl halides is 3. The van der Waals surface area contributed by atoms with Crippen LogP contribution in [0.1, 0.15) is 29.7 Å². The van der Waals surface area contributed by atoms with Crippen molar-refractivity contribution in [3.63, 3.8) is 0 Å². The first kappa shape index (κ1) is 22.8. The molecule has 2 aromatic heterocycles. The zero-order valence-electron chi connectivity index (χ0n) is 16.5. The van der Waals surface area contributed by atoms with E-state index in [0.717, 1.165) is 0 Å². The molecule has 2 heterocycles. The summed E-state index contributed by atoms with van der Waals surface area (Å²) in [6.07, 6.45) is -1.37. The molecule has 0 spiro atoms. The Bertz CT molecular complexity index is 1170. The first-order chi connectivity index (χ1) is 15.2. The molecule has 0 saturated carbocycles. The Kier molecular flexibility index (Phi) is 6.79. The molecule has 1 aromatic carbocycles. The molecule has 3 rings (SSSR count). The minimum Gasteiger partial charge on any atom is -0.309 e. The van der Waals surface area contributed by atoms with Crippen LogP contribution in [0.2, 0.25) is 0 Å². The molecule has 0 aliphatic heterocycles. The molecular weight excluding hydrogens is 445 g/mol. The fourth-order valence-corrected chi connectivity index (χ4v) is 3.28. The molecule has 8 nitrogen and oxygen atoms in total. The number of nitrogens with one attached hydrogen (secondary N) is 2. The van der Waals surface area contributed by atoms with Crippen molar-refractivity contribution >= 4 is 34.1 Å². The number of amides is 2. The molecular formula is C20H15F3N6O2S. The Morgan fingerprint density at radius 1 is 1.16 bits per heavy atom. The number of anilines is 2.